The summed E-state index contributed by atoms with van der Waals surface area (Å²) in [5.41, 5.74) is 0.810. The summed E-state index contributed by atoms with van der Waals surface area (Å²) < 4.78 is 5.36. The third-order valence-electron chi connectivity index (χ3n) is 1.59. The Morgan fingerprint density at radius 1 is 1.57 bits per heavy atom. The van der Waals surface area contributed by atoms with Gasteiger partial charge in [0.25, 0.3) is 0 Å². The van der Waals surface area contributed by atoms with Crippen LogP contribution >= 0.6 is 12.6 Å². The van der Waals surface area contributed by atoms with Crippen LogP contribution in [-0.4, -0.2) is 5.11 Å². The zero-order chi connectivity index (χ0) is 10.4. The van der Waals surface area contributed by atoms with Gasteiger partial charge in [0.2, 0.25) is 0 Å². The Kier molecular flexibility index (Phi) is 4.29. The second-order valence-electron chi connectivity index (χ2n) is 2.69. The van der Waals surface area contributed by atoms with Crippen LogP contribution in [0.25, 0.3) is 0 Å². The van der Waals surface area contributed by atoms with Crippen molar-refractivity contribution in [2.75, 3.05) is 0 Å². The van der Waals surface area contributed by atoms with Gasteiger partial charge in [-0.15, -0.1) is 0 Å². The summed E-state index contributed by atoms with van der Waals surface area (Å²) in [6.07, 6.45) is 1.65. The Balaban J connectivity index is 2.71. The summed E-state index contributed by atoms with van der Waals surface area (Å²) in [6, 6.07) is 7.21. The van der Waals surface area contributed by atoms with E-state index in [0.717, 1.165) is 5.56 Å². The van der Waals surface area contributed by atoms with Crippen molar-refractivity contribution < 1.29 is 9.84 Å². The molecule has 0 aliphatic heterocycles. The van der Waals surface area contributed by atoms with Gasteiger partial charge < -0.3 is 9.84 Å². The second kappa shape index (κ2) is 5.52. The first kappa shape index (κ1) is 10.9. The Morgan fingerprint density at radius 3 is 3.00 bits per heavy atom. The summed E-state index contributed by atoms with van der Waals surface area (Å²) in [7, 11) is 0. The molecule has 1 aromatic rings. The van der Waals surface area contributed by atoms with E-state index in [1.807, 2.05) is 12.1 Å². The highest BCUT2D eigenvalue weighted by molar-refractivity contribution is 7.83. The molecular weight excluding hydrogens is 196 g/mol. The molecule has 0 aliphatic carbocycles. The minimum Gasteiger partial charge on any atom is -0.458 e. The number of aliphatic hydroxyl groups excluding tert-OH is 1. The standard InChI is InChI=1S/C11H12O2S/c1-9(5-6-14)13-11-4-2-3-10(7-11)8-12/h2-7,12,14H,1,8H2/b6-5-. The van der Waals surface area contributed by atoms with Crippen molar-refractivity contribution in [3.8, 4) is 5.75 Å². The topological polar surface area (TPSA) is 29.5 Å². The fraction of sp³-hybridized carbons (Fsp3) is 0.0909. The quantitative estimate of drug-likeness (QED) is 0.452. The van der Waals surface area contributed by atoms with Crippen LogP contribution in [0.2, 0.25) is 0 Å². The maximum atomic E-state index is 8.90. The van der Waals surface area contributed by atoms with Crippen LogP contribution in [0.15, 0.2) is 48.1 Å². The molecule has 0 heterocycles. The lowest BCUT2D eigenvalue weighted by molar-refractivity contribution is 0.281. The number of ether oxygens (including phenoxy) is 1. The lowest BCUT2D eigenvalue weighted by Crippen LogP contribution is -1.91. The monoisotopic (exact) mass is 208 g/mol. The largest absolute Gasteiger partial charge is 0.458 e. The third-order valence-corrected chi connectivity index (χ3v) is 1.74. The van der Waals surface area contributed by atoms with Crippen molar-refractivity contribution in [3.63, 3.8) is 0 Å². The van der Waals surface area contributed by atoms with E-state index in [1.165, 1.54) is 0 Å². The van der Waals surface area contributed by atoms with Crippen LogP contribution in [0.4, 0.5) is 0 Å². The van der Waals surface area contributed by atoms with Crippen molar-refractivity contribution in [2.45, 2.75) is 6.61 Å². The number of benzene rings is 1. The van der Waals surface area contributed by atoms with Gasteiger partial charge in [-0.2, -0.15) is 12.6 Å². The molecule has 2 nitrogen and oxygen atoms in total. The first-order chi connectivity index (χ1) is 6.76. The Bertz CT molecular complexity index is 345. The van der Waals surface area contributed by atoms with Gasteiger partial charge >= 0.3 is 0 Å². The Labute approximate surface area is 88.9 Å². The van der Waals surface area contributed by atoms with Crippen LogP contribution in [-0.2, 0) is 6.61 Å². The SMILES string of the molecule is C=C(/C=C\S)Oc1cccc(CO)c1. The minimum absolute atomic E-state index is 0.00604. The Hall–Kier alpha value is -1.19. The van der Waals surface area contributed by atoms with Crippen molar-refractivity contribution in [2.24, 2.45) is 0 Å². The van der Waals surface area contributed by atoms with E-state index in [4.69, 9.17) is 9.84 Å². The lowest BCUT2D eigenvalue weighted by Gasteiger charge is -2.05. The predicted molar refractivity (Wildman–Crippen MR) is 60.3 cm³/mol. The highest BCUT2D eigenvalue weighted by atomic mass is 32.1. The van der Waals surface area contributed by atoms with Gasteiger partial charge in [0.05, 0.1) is 6.61 Å². The molecule has 0 bridgehead atoms. The summed E-state index contributed by atoms with van der Waals surface area (Å²) >= 11 is 3.90. The molecule has 0 amide bonds. The van der Waals surface area contributed by atoms with E-state index < -0.39 is 0 Å². The number of aliphatic hydroxyl groups is 1. The van der Waals surface area contributed by atoms with E-state index in [0.29, 0.717) is 11.5 Å². The van der Waals surface area contributed by atoms with E-state index in [-0.39, 0.29) is 6.61 Å². The molecule has 0 saturated carbocycles. The summed E-state index contributed by atoms with van der Waals surface area (Å²) in [5, 5.41) is 10.4. The zero-order valence-corrected chi connectivity index (χ0v) is 8.58. The molecule has 0 saturated heterocycles. The maximum absolute atomic E-state index is 8.90. The summed E-state index contributed by atoms with van der Waals surface area (Å²) in [5.74, 6) is 1.17. The first-order valence-corrected chi connectivity index (χ1v) is 4.65. The average Bonchev–Trinajstić information content (AvgIpc) is 2.18. The van der Waals surface area contributed by atoms with Gasteiger partial charge in [-0.3, -0.25) is 0 Å². The molecule has 0 radical (unpaired) electrons. The molecular formula is C11H12O2S. The number of rotatable bonds is 4. The number of allylic oxidation sites excluding steroid dienone is 1. The van der Waals surface area contributed by atoms with Crippen LogP contribution in [0.1, 0.15) is 5.56 Å². The highest BCUT2D eigenvalue weighted by Gasteiger charge is 1.96. The maximum Gasteiger partial charge on any atom is 0.127 e. The molecule has 1 aromatic carbocycles. The smallest absolute Gasteiger partial charge is 0.127 e. The third kappa shape index (κ3) is 3.28. The zero-order valence-electron chi connectivity index (χ0n) is 7.68. The van der Waals surface area contributed by atoms with Crippen LogP contribution in [0, 0.1) is 0 Å². The van der Waals surface area contributed by atoms with Gasteiger partial charge in [0.1, 0.15) is 11.5 Å². The highest BCUT2D eigenvalue weighted by Crippen LogP contribution is 2.16. The molecule has 0 aliphatic rings. The van der Waals surface area contributed by atoms with Gasteiger partial charge in [0, 0.05) is 0 Å². The van der Waals surface area contributed by atoms with Crippen LogP contribution in [0.5, 0.6) is 5.75 Å². The van der Waals surface area contributed by atoms with Gasteiger partial charge in [-0.05, 0) is 29.2 Å². The molecule has 14 heavy (non-hydrogen) atoms. The molecule has 0 unspecified atom stereocenters. The van der Waals surface area contributed by atoms with E-state index in [1.54, 1.807) is 23.6 Å². The minimum atomic E-state index is 0.00604. The summed E-state index contributed by atoms with van der Waals surface area (Å²) in [6.45, 7) is 3.68. The van der Waals surface area contributed by atoms with Crippen molar-refractivity contribution in [1.82, 2.24) is 0 Å². The molecule has 1 N–H and O–H groups in total. The number of thiol groups is 1. The fourth-order valence-corrected chi connectivity index (χ4v) is 1.14. The van der Waals surface area contributed by atoms with Crippen molar-refractivity contribution >= 4 is 12.6 Å². The predicted octanol–water partition coefficient (Wildman–Crippen LogP) is 2.51. The number of hydrogen-bond donors (Lipinski definition) is 2. The summed E-state index contributed by atoms with van der Waals surface area (Å²) in [4.78, 5) is 0. The Morgan fingerprint density at radius 2 is 2.36 bits per heavy atom. The van der Waals surface area contributed by atoms with Crippen molar-refractivity contribution in [1.29, 1.82) is 0 Å². The van der Waals surface area contributed by atoms with E-state index in [2.05, 4.69) is 19.2 Å². The van der Waals surface area contributed by atoms with Crippen molar-refractivity contribution in [3.05, 3.63) is 53.7 Å². The molecule has 1 rings (SSSR count). The van der Waals surface area contributed by atoms with Gasteiger partial charge in [-0.25, -0.2) is 0 Å². The lowest BCUT2D eigenvalue weighted by atomic mass is 10.2. The fourth-order valence-electron chi connectivity index (χ4n) is 0.976. The van der Waals surface area contributed by atoms with Crippen LogP contribution < -0.4 is 4.74 Å². The van der Waals surface area contributed by atoms with E-state index >= 15 is 0 Å². The van der Waals surface area contributed by atoms with Gasteiger partial charge in [-0.1, -0.05) is 18.7 Å². The molecule has 0 atom stereocenters. The molecule has 0 aromatic heterocycles. The number of hydrogen-bond acceptors (Lipinski definition) is 3. The average molecular weight is 208 g/mol. The molecule has 0 spiro atoms. The molecule has 74 valence electrons. The molecule has 0 fully saturated rings. The second-order valence-corrected chi connectivity index (χ2v) is 2.99. The van der Waals surface area contributed by atoms with Crippen LogP contribution in [0.3, 0.4) is 0 Å². The molecule has 3 heteroatoms. The normalized spacial score (nSPS) is 10.4. The first-order valence-electron chi connectivity index (χ1n) is 4.13. The van der Waals surface area contributed by atoms with Gasteiger partial charge in [0.15, 0.2) is 0 Å². The van der Waals surface area contributed by atoms with E-state index in [9.17, 15) is 0 Å².